The van der Waals surface area contributed by atoms with E-state index in [0.29, 0.717) is 11.0 Å². The molecule has 21 heavy (non-hydrogen) atoms. The van der Waals surface area contributed by atoms with Crippen LogP contribution in [0, 0.1) is 6.92 Å². The Morgan fingerprint density at radius 2 is 1.86 bits per heavy atom. The highest BCUT2D eigenvalue weighted by atomic mass is 35.5. The quantitative estimate of drug-likeness (QED) is 0.785. The van der Waals surface area contributed by atoms with Gasteiger partial charge in [0.25, 0.3) is 0 Å². The molecule has 0 bridgehead atoms. The SMILES string of the molecule is Cc1ccc(Nc2nncc(-c3ccccc3)n2)cc1Cl. The van der Waals surface area contributed by atoms with Crippen molar-refractivity contribution < 1.29 is 0 Å². The summed E-state index contributed by atoms with van der Waals surface area (Å²) in [5, 5.41) is 11.8. The summed E-state index contributed by atoms with van der Waals surface area (Å²) in [6.45, 7) is 1.96. The van der Waals surface area contributed by atoms with E-state index >= 15 is 0 Å². The van der Waals surface area contributed by atoms with Crippen molar-refractivity contribution >= 4 is 23.2 Å². The zero-order valence-corrected chi connectivity index (χ0v) is 12.2. The summed E-state index contributed by atoms with van der Waals surface area (Å²) in [6.07, 6.45) is 1.64. The average molecular weight is 297 g/mol. The van der Waals surface area contributed by atoms with Gasteiger partial charge in [0.05, 0.1) is 11.9 Å². The lowest BCUT2D eigenvalue weighted by molar-refractivity contribution is 0.983. The molecule has 1 aromatic heterocycles. The molecule has 0 aliphatic carbocycles. The molecule has 0 fully saturated rings. The molecule has 5 heteroatoms. The lowest BCUT2D eigenvalue weighted by Crippen LogP contribution is -2.00. The van der Waals surface area contributed by atoms with E-state index < -0.39 is 0 Å². The number of hydrogen-bond acceptors (Lipinski definition) is 4. The number of hydrogen-bond donors (Lipinski definition) is 1. The molecule has 0 aliphatic heterocycles. The molecular formula is C16H13ClN4. The Labute approximate surface area is 127 Å². The van der Waals surface area contributed by atoms with Crippen molar-refractivity contribution in [1.29, 1.82) is 0 Å². The molecule has 1 heterocycles. The van der Waals surface area contributed by atoms with Gasteiger partial charge < -0.3 is 5.32 Å². The van der Waals surface area contributed by atoms with Gasteiger partial charge in [0.2, 0.25) is 5.95 Å². The maximum Gasteiger partial charge on any atom is 0.247 e. The Bertz CT molecular complexity index is 759. The number of aromatic nitrogens is 3. The highest BCUT2D eigenvalue weighted by Gasteiger charge is 2.04. The van der Waals surface area contributed by atoms with E-state index in [4.69, 9.17) is 11.6 Å². The fourth-order valence-electron chi connectivity index (χ4n) is 1.90. The van der Waals surface area contributed by atoms with Crippen LogP contribution in [0.2, 0.25) is 5.02 Å². The largest absolute Gasteiger partial charge is 0.323 e. The molecule has 0 radical (unpaired) electrons. The predicted molar refractivity (Wildman–Crippen MR) is 84.7 cm³/mol. The van der Waals surface area contributed by atoms with E-state index in [1.165, 1.54) is 0 Å². The van der Waals surface area contributed by atoms with Gasteiger partial charge in [0.15, 0.2) is 0 Å². The van der Waals surface area contributed by atoms with Crippen LogP contribution in [0.4, 0.5) is 11.6 Å². The molecule has 2 aromatic carbocycles. The van der Waals surface area contributed by atoms with Crippen molar-refractivity contribution in [2.75, 3.05) is 5.32 Å². The zero-order chi connectivity index (χ0) is 14.7. The average Bonchev–Trinajstić information content (AvgIpc) is 2.52. The first-order valence-electron chi connectivity index (χ1n) is 6.51. The smallest absolute Gasteiger partial charge is 0.247 e. The van der Waals surface area contributed by atoms with Crippen LogP contribution in [0.3, 0.4) is 0 Å². The maximum atomic E-state index is 6.11. The van der Waals surface area contributed by atoms with E-state index in [1.807, 2.05) is 55.5 Å². The number of benzene rings is 2. The third-order valence-corrected chi connectivity index (χ3v) is 3.46. The number of nitrogens with zero attached hydrogens (tertiary/aromatic N) is 3. The van der Waals surface area contributed by atoms with Crippen LogP contribution in [-0.2, 0) is 0 Å². The van der Waals surface area contributed by atoms with Gasteiger partial charge in [-0.15, -0.1) is 5.10 Å². The van der Waals surface area contributed by atoms with E-state index in [0.717, 1.165) is 22.5 Å². The third-order valence-electron chi connectivity index (χ3n) is 3.06. The minimum Gasteiger partial charge on any atom is -0.323 e. The Morgan fingerprint density at radius 3 is 2.62 bits per heavy atom. The van der Waals surface area contributed by atoms with E-state index in [1.54, 1.807) is 6.20 Å². The first-order chi connectivity index (χ1) is 10.2. The van der Waals surface area contributed by atoms with Gasteiger partial charge in [0.1, 0.15) is 0 Å². The topological polar surface area (TPSA) is 50.7 Å². The van der Waals surface area contributed by atoms with E-state index in [-0.39, 0.29) is 0 Å². The second-order valence-electron chi connectivity index (χ2n) is 4.62. The number of nitrogens with one attached hydrogen (secondary N) is 1. The monoisotopic (exact) mass is 296 g/mol. The first-order valence-corrected chi connectivity index (χ1v) is 6.88. The Hall–Kier alpha value is -2.46. The van der Waals surface area contributed by atoms with Gasteiger partial charge in [-0.25, -0.2) is 4.98 Å². The number of aryl methyl sites for hydroxylation is 1. The van der Waals surface area contributed by atoms with Crippen molar-refractivity contribution in [3.63, 3.8) is 0 Å². The molecule has 0 aliphatic rings. The number of halogens is 1. The van der Waals surface area contributed by atoms with Crippen molar-refractivity contribution in [3.8, 4) is 11.3 Å². The minimum absolute atomic E-state index is 0.441. The summed E-state index contributed by atoms with van der Waals surface area (Å²) in [6, 6.07) is 15.6. The summed E-state index contributed by atoms with van der Waals surface area (Å²) in [5.74, 6) is 0.441. The lowest BCUT2D eigenvalue weighted by atomic mass is 10.2. The normalized spacial score (nSPS) is 10.4. The van der Waals surface area contributed by atoms with Gasteiger partial charge in [-0.2, -0.15) is 5.10 Å². The van der Waals surface area contributed by atoms with Crippen LogP contribution in [-0.4, -0.2) is 15.2 Å². The van der Waals surface area contributed by atoms with Gasteiger partial charge in [0, 0.05) is 16.3 Å². The Kier molecular flexibility index (Phi) is 3.79. The van der Waals surface area contributed by atoms with Crippen LogP contribution in [0.15, 0.2) is 54.7 Å². The molecule has 4 nitrogen and oxygen atoms in total. The lowest BCUT2D eigenvalue weighted by Gasteiger charge is -2.07. The van der Waals surface area contributed by atoms with Crippen molar-refractivity contribution in [2.45, 2.75) is 6.92 Å². The summed E-state index contributed by atoms with van der Waals surface area (Å²) >= 11 is 6.11. The molecule has 104 valence electrons. The highest BCUT2D eigenvalue weighted by Crippen LogP contribution is 2.22. The Balaban J connectivity index is 1.88. The molecule has 0 amide bonds. The predicted octanol–water partition coefficient (Wildman–Crippen LogP) is 4.24. The standard InChI is InChI=1S/C16H13ClN4/c1-11-7-8-13(9-14(11)17)19-16-20-15(10-18-21-16)12-5-3-2-4-6-12/h2-10H,1H3,(H,19,20,21). The maximum absolute atomic E-state index is 6.11. The molecular weight excluding hydrogens is 284 g/mol. The fourth-order valence-corrected chi connectivity index (χ4v) is 2.08. The van der Waals surface area contributed by atoms with Crippen molar-refractivity contribution in [1.82, 2.24) is 15.2 Å². The molecule has 0 unspecified atom stereocenters. The second kappa shape index (κ2) is 5.89. The summed E-state index contributed by atoms with van der Waals surface area (Å²) in [4.78, 5) is 4.46. The van der Waals surface area contributed by atoms with Crippen molar-refractivity contribution in [2.24, 2.45) is 0 Å². The third kappa shape index (κ3) is 3.17. The summed E-state index contributed by atoms with van der Waals surface area (Å²) < 4.78 is 0. The highest BCUT2D eigenvalue weighted by molar-refractivity contribution is 6.31. The van der Waals surface area contributed by atoms with Crippen LogP contribution in [0.25, 0.3) is 11.3 Å². The van der Waals surface area contributed by atoms with Gasteiger partial charge in [-0.05, 0) is 24.6 Å². The number of rotatable bonds is 3. The molecule has 0 spiro atoms. The van der Waals surface area contributed by atoms with Gasteiger partial charge in [-0.1, -0.05) is 48.0 Å². The molecule has 1 N–H and O–H groups in total. The van der Waals surface area contributed by atoms with E-state index in [2.05, 4.69) is 20.5 Å². The van der Waals surface area contributed by atoms with Crippen molar-refractivity contribution in [3.05, 3.63) is 65.3 Å². The van der Waals surface area contributed by atoms with Crippen LogP contribution in [0.1, 0.15) is 5.56 Å². The Morgan fingerprint density at radius 1 is 1.05 bits per heavy atom. The molecule has 0 saturated carbocycles. The van der Waals surface area contributed by atoms with Crippen LogP contribution < -0.4 is 5.32 Å². The molecule has 3 rings (SSSR count). The van der Waals surface area contributed by atoms with Gasteiger partial charge >= 0.3 is 0 Å². The van der Waals surface area contributed by atoms with Gasteiger partial charge in [-0.3, -0.25) is 0 Å². The minimum atomic E-state index is 0.441. The summed E-state index contributed by atoms with van der Waals surface area (Å²) in [7, 11) is 0. The van der Waals surface area contributed by atoms with Crippen LogP contribution in [0.5, 0.6) is 0 Å². The fraction of sp³-hybridized carbons (Fsp3) is 0.0625. The second-order valence-corrected chi connectivity index (χ2v) is 5.03. The molecule has 0 saturated heterocycles. The first kappa shape index (κ1) is 13.5. The number of anilines is 2. The van der Waals surface area contributed by atoms with Crippen LogP contribution >= 0.6 is 11.6 Å². The molecule has 3 aromatic rings. The summed E-state index contributed by atoms with van der Waals surface area (Å²) in [5.41, 5.74) is 3.63. The molecule has 0 atom stereocenters. The zero-order valence-electron chi connectivity index (χ0n) is 11.4. The van der Waals surface area contributed by atoms with E-state index in [9.17, 15) is 0 Å².